The minimum Gasteiger partial charge on any atom is -0.318 e. The summed E-state index contributed by atoms with van der Waals surface area (Å²) < 4.78 is 24.8. The second kappa shape index (κ2) is 5.97. The Bertz CT molecular complexity index is 526. The van der Waals surface area contributed by atoms with E-state index in [4.69, 9.17) is 0 Å². The first-order chi connectivity index (χ1) is 8.36. The van der Waals surface area contributed by atoms with E-state index in [0.717, 1.165) is 6.26 Å². The summed E-state index contributed by atoms with van der Waals surface area (Å²) in [7, 11) is -1.59. The molecule has 0 aromatic heterocycles. The maximum absolute atomic E-state index is 11.7. The van der Waals surface area contributed by atoms with Gasteiger partial charge in [0.2, 0.25) is 10.0 Å². The van der Waals surface area contributed by atoms with Gasteiger partial charge in [-0.05, 0) is 26.1 Å². The van der Waals surface area contributed by atoms with Crippen molar-refractivity contribution in [2.24, 2.45) is 0 Å². The number of hydrogen-bond acceptors (Lipinski definition) is 4. The number of carbonyl (C=O) groups excluding carboxylic acids is 1. The summed E-state index contributed by atoms with van der Waals surface area (Å²) in [5, 5.41) is 2.90. The second-order valence-electron chi connectivity index (χ2n) is 4.05. The second-order valence-corrected chi connectivity index (χ2v) is 5.95. The van der Waals surface area contributed by atoms with Crippen LogP contribution in [0.25, 0.3) is 0 Å². The molecule has 1 N–H and O–H groups in total. The lowest BCUT2D eigenvalue weighted by Crippen LogP contribution is -2.35. The summed E-state index contributed by atoms with van der Waals surface area (Å²) in [6, 6.07) is 6.64. The molecule has 1 aromatic carbocycles. The molecule has 1 rings (SSSR count). The van der Waals surface area contributed by atoms with E-state index in [9.17, 15) is 13.2 Å². The third kappa shape index (κ3) is 3.82. The Morgan fingerprint density at radius 3 is 2.56 bits per heavy atom. The van der Waals surface area contributed by atoms with E-state index in [2.05, 4.69) is 5.32 Å². The Labute approximate surface area is 108 Å². The number of ketones is 1. The van der Waals surface area contributed by atoms with Crippen molar-refractivity contribution in [1.82, 2.24) is 5.32 Å². The van der Waals surface area contributed by atoms with Gasteiger partial charge in [0.1, 0.15) is 0 Å². The van der Waals surface area contributed by atoms with Crippen LogP contribution in [0.15, 0.2) is 24.3 Å². The first-order valence-corrected chi connectivity index (χ1v) is 7.44. The van der Waals surface area contributed by atoms with Gasteiger partial charge in [-0.2, -0.15) is 0 Å². The van der Waals surface area contributed by atoms with Gasteiger partial charge in [-0.25, -0.2) is 8.42 Å². The fourth-order valence-electron chi connectivity index (χ4n) is 1.58. The van der Waals surface area contributed by atoms with Crippen molar-refractivity contribution in [3.63, 3.8) is 0 Å². The molecule has 0 atom stereocenters. The molecule has 0 amide bonds. The monoisotopic (exact) mass is 270 g/mol. The van der Waals surface area contributed by atoms with Crippen LogP contribution in [0.3, 0.4) is 0 Å². The number of benzene rings is 1. The molecule has 0 unspecified atom stereocenters. The molecule has 0 aliphatic carbocycles. The molecule has 18 heavy (non-hydrogen) atoms. The average Bonchev–Trinajstić information content (AvgIpc) is 2.28. The van der Waals surface area contributed by atoms with Crippen molar-refractivity contribution in [3.8, 4) is 0 Å². The van der Waals surface area contributed by atoms with Gasteiger partial charge in [-0.15, -0.1) is 0 Å². The smallest absolute Gasteiger partial charge is 0.232 e. The van der Waals surface area contributed by atoms with E-state index in [1.165, 1.54) is 11.2 Å². The molecular formula is C12H18N2O3S. The summed E-state index contributed by atoms with van der Waals surface area (Å²) >= 11 is 0. The quantitative estimate of drug-likeness (QED) is 0.779. The highest BCUT2D eigenvalue weighted by Gasteiger charge is 2.17. The van der Waals surface area contributed by atoms with Gasteiger partial charge in [0.15, 0.2) is 5.78 Å². The number of carbonyl (C=O) groups is 1. The Hall–Kier alpha value is -1.40. The van der Waals surface area contributed by atoms with Crippen LogP contribution in [-0.2, 0) is 10.0 Å². The van der Waals surface area contributed by atoms with E-state index in [0.29, 0.717) is 24.3 Å². The predicted octanol–water partition coefficient (Wildman–Crippen LogP) is 0.875. The van der Waals surface area contributed by atoms with Crippen LogP contribution in [0, 0.1) is 0 Å². The van der Waals surface area contributed by atoms with Gasteiger partial charge in [0.05, 0.1) is 11.9 Å². The van der Waals surface area contributed by atoms with Crippen molar-refractivity contribution in [3.05, 3.63) is 29.8 Å². The molecule has 0 radical (unpaired) electrons. The predicted molar refractivity (Wildman–Crippen MR) is 72.6 cm³/mol. The Morgan fingerprint density at radius 2 is 2.06 bits per heavy atom. The number of rotatable bonds is 6. The Kier molecular flexibility index (Phi) is 4.86. The zero-order chi connectivity index (χ0) is 13.8. The number of hydrogen-bond donors (Lipinski definition) is 1. The van der Waals surface area contributed by atoms with E-state index in [-0.39, 0.29) is 5.78 Å². The highest BCUT2D eigenvalue weighted by molar-refractivity contribution is 7.92. The van der Waals surface area contributed by atoms with Gasteiger partial charge in [0.25, 0.3) is 0 Å². The van der Waals surface area contributed by atoms with E-state index < -0.39 is 10.0 Å². The third-order valence-electron chi connectivity index (χ3n) is 2.51. The Morgan fingerprint density at radius 1 is 1.39 bits per heavy atom. The van der Waals surface area contributed by atoms with Gasteiger partial charge in [0, 0.05) is 18.7 Å². The van der Waals surface area contributed by atoms with Gasteiger partial charge in [-0.1, -0.05) is 12.1 Å². The summed E-state index contributed by atoms with van der Waals surface area (Å²) in [5.74, 6) is -0.0843. The van der Waals surface area contributed by atoms with Gasteiger partial charge < -0.3 is 5.32 Å². The van der Waals surface area contributed by atoms with E-state index >= 15 is 0 Å². The number of sulfonamides is 1. The molecule has 6 heteroatoms. The van der Waals surface area contributed by atoms with Crippen LogP contribution in [0.1, 0.15) is 17.3 Å². The molecule has 0 spiro atoms. The number of anilines is 1. The molecule has 0 heterocycles. The normalized spacial score (nSPS) is 11.3. The van der Waals surface area contributed by atoms with Crippen molar-refractivity contribution < 1.29 is 13.2 Å². The lowest BCUT2D eigenvalue weighted by atomic mass is 10.1. The summed E-state index contributed by atoms with van der Waals surface area (Å²) in [5.41, 5.74) is 1.02. The molecule has 5 nitrogen and oxygen atoms in total. The maximum atomic E-state index is 11.7. The van der Waals surface area contributed by atoms with Crippen molar-refractivity contribution >= 4 is 21.5 Å². The Balaban J connectivity index is 3.13. The first kappa shape index (κ1) is 14.7. The fourth-order valence-corrected chi connectivity index (χ4v) is 2.50. The molecule has 0 aliphatic heterocycles. The van der Waals surface area contributed by atoms with E-state index in [1.54, 1.807) is 31.3 Å². The molecule has 0 saturated carbocycles. The minimum absolute atomic E-state index is 0.0843. The lowest BCUT2D eigenvalue weighted by Gasteiger charge is -2.22. The molecule has 0 bridgehead atoms. The van der Waals surface area contributed by atoms with Crippen LogP contribution < -0.4 is 9.62 Å². The minimum atomic E-state index is -3.35. The average molecular weight is 270 g/mol. The highest BCUT2D eigenvalue weighted by atomic mass is 32.2. The summed E-state index contributed by atoms with van der Waals surface area (Å²) in [6.45, 7) is 2.32. The molecule has 0 aliphatic rings. The first-order valence-electron chi connectivity index (χ1n) is 5.59. The topological polar surface area (TPSA) is 66.5 Å². The van der Waals surface area contributed by atoms with Gasteiger partial charge in [-0.3, -0.25) is 9.10 Å². The molecule has 1 aromatic rings. The van der Waals surface area contributed by atoms with Crippen molar-refractivity contribution in [1.29, 1.82) is 0 Å². The van der Waals surface area contributed by atoms with Crippen LogP contribution >= 0.6 is 0 Å². The zero-order valence-electron chi connectivity index (χ0n) is 10.8. The lowest BCUT2D eigenvalue weighted by molar-refractivity contribution is 0.101. The summed E-state index contributed by atoms with van der Waals surface area (Å²) in [4.78, 5) is 11.3. The van der Waals surface area contributed by atoms with Crippen LogP contribution in [-0.4, -0.2) is 40.6 Å². The van der Waals surface area contributed by atoms with Crippen molar-refractivity contribution in [2.45, 2.75) is 6.92 Å². The molecule has 0 saturated heterocycles. The van der Waals surface area contributed by atoms with Crippen LogP contribution in [0.2, 0.25) is 0 Å². The molecular weight excluding hydrogens is 252 g/mol. The number of likely N-dealkylation sites (N-methyl/N-ethyl adjacent to an activating group) is 1. The number of nitrogens with one attached hydrogen (secondary N) is 1. The summed E-state index contributed by atoms with van der Waals surface area (Å²) in [6.07, 6.45) is 1.16. The van der Waals surface area contributed by atoms with Crippen LogP contribution in [0.4, 0.5) is 5.69 Å². The van der Waals surface area contributed by atoms with Crippen molar-refractivity contribution in [2.75, 3.05) is 30.7 Å². The fraction of sp³-hybridized carbons (Fsp3) is 0.417. The maximum Gasteiger partial charge on any atom is 0.232 e. The number of Topliss-reactive ketones (excluding diaryl/α,β-unsaturated/α-hetero) is 1. The molecule has 0 fully saturated rings. The third-order valence-corrected chi connectivity index (χ3v) is 3.70. The van der Waals surface area contributed by atoms with Crippen LogP contribution in [0.5, 0.6) is 0 Å². The number of nitrogens with zero attached hydrogens (tertiary/aromatic N) is 1. The zero-order valence-corrected chi connectivity index (χ0v) is 11.6. The van der Waals surface area contributed by atoms with E-state index in [1.807, 2.05) is 0 Å². The molecule has 100 valence electrons. The standard InChI is InChI=1S/C12H18N2O3S/c1-10(15)11-5-4-6-12(9-11)14(8-7-13-2)18(3,16)17/h4-6,9,13H,7-8H2,1-3H3. The SMILES string of the molecule is CNCCN(c1cccc(C(C)=O)c1)S(C)(=O)=O. The largest absolute Gasteiger partial charge is 0.318 e. The van der Waals surface area contributed by atoms with Gasteiger partial charge >= 0.3 is 0 Å². The highest BCUT2D eigenvalue weighted by Crippen LogP contribution is 2.19.